The maximum Gasteiger partial charge on any atom is 0.410 e. The van der Waals surface area contributed by atoms with Crippen molar-refractivity contribution in [1.29, 1.82) is 0 Å². The maximum atomic E-state index is 12.6. The smallest absolute Gasteiger partial charge is 0.410 e. The average Bonchev–Trinajstić information content (AvgIpc) is 3.24. The summed E-state index contributed by atoms with van der Waals surface area (Å²) < 4.78 is 17.9. The maximum absolute atomic E-state index is 12.6. The fourth-order valence-corrected chi connectivity index (χ4v) is 3.71. The average molecular weight is 440 g/mol. The second-order valence-electron chi connectivity index (χ2n) is 9.54. The number of carbonyl (C=O) groups is 1. The Kier molecular flexibility index (Phi) is 5.77. The van der Waals surface area contributed by atoms with Crippen LogP contribution in [-0.2, 0) is 9.47 Å². The molecule has 0 spiro atoms. The number of aromatic amines is 1. The molecule has 3 aromatic rings. The van der Waals surface area contributed by atoms with Gasteiger partial charge in [0.05, 0.1) is 41.5 Å². The molecule has 1 aliphatic heterocycles. The van der Waals surface area contributed by atoms with Gasteiger partial charge in [-0.1, -0.05) is 0 Å². The number of hydrogen-bond donors (Lipinski definition) is 1. The summed E-state index contributed by atoms with van der Waals surface area (Å²) in [6.07, 6.45) is 4.51. The highest BCUT2D eigenvalue weighted by atomic mass is 16.6. The number of hydrogen-bond acceptors (Lipinski definition) is 7. The molecular weight excluding hydrogens is 410 g/mol. The number of ether oxygens (including phenoxy) is 3. The summed E-state index contributed by atoms with van der Waals surface area (Å²) in [5.41, 5.74) is 1.23. The predicted octanol–water partition coefficient (Wildman–Crippen LogP) is 3.81. The number of aromatic nitrogens is 4. The largest absolute Gasteiger partial charge is 0.474 e. The zero-order chi connectivity index (χ0) is 22.9. The fraction of sp³-hybridized carbons (Fsp3) is 0.478. The Morgan fingerprint density at radius 2 is 2.19 bits per heavy atom. The first-order valence-corrected chi connectivity index (χ1v) is 10.6. The van der Waals surface area contributed by atoms with Gasteiger partial charge in [0.15, 0.2) is 0 Å². The number of rotatable bonds is 4. The van der Waals surface area contributed by atoms with E-state index in [2.05, 4.69) is 20.2 Å². The first-order valence-electron chi connectivity index (χ1n) is 10.6. The summed E-state index contributed by atoms with van der Waals surface area (Å²) in [6, 6.07) is 5.67. The lowest BCUT2D eigenvalue weighted by Crippen LogP contribution is -2.56. The minimum absolute atomic E-state index is 0.231. The minimum atomic E-state index is -0.561. The van der Waals surface area contributed by atoms with Crippen molar-refractivity contribution in [3.05, 3.63) is 36.8 Å². The quantitative estimate of drug-likeness (QED) is 0.659. The summed E-state index contributed by atoms with van der Waals surface area (Å²) in [5, 5.41) is 7.60. The topological polar surface area (TPSA) is 102 Å². The Morgan fingerprint density at radius 3 is 2.91 bits per heavy atom. The summed E-state index contributed by atoms with van der Waals surface area (Å²) in [6.45, 7) is 10.5. The number of nitrogens with zero attached hydrogens (tertiary/aromatic N) is 4. The molecule has 1 atom stereocenters. The number of pyridine rings is 2. The van der Waals surface area contributed by atoms with E-state index in [1.54, 1.807) is 23.5 Å². The van der Waals surface area contributed by atoms with Gasteiger partial charge < -0.3 is 19.1 Å². The van der Waals surface area contributed by atoms with Crippen LogP contribution in [0.2, 0.25) is 0 Å². The Bertz CT molecular complexity index is 1090. The van der Waals surface area contributed by atoms with Gasteiger partial charge in [0.25, 0.3) is 0 Å². The van der Waals surface area contributed by atoms with E-state index in [0.29, 0.717) is 24.7 Å². The molecule has 3 aromatic heterocycles. The molecule has 4 rings (SSSR count). The number of nitrogens with one attached hydrogen (secondary N) is 1. The van der Waals surface area contributed by atoms with E-state index < -0.39 is 11.2 Å². The zero-order valence-electron chi connectivity index (χ0n) is 19.1. The molecule has 4 heterocycles. The van der Waals surface area contributed by atoms with Crippen molar-refractivity contribution in [3.8, 4) is 17.1 Å². The summed E-state index contributed by atoms with van der Waals surface area (Å²) in [5.74, 6) is 0.461. The molecule has 0 saturated carbocycles. The SMILES string of the molecule is CC(C)(C)OC(=O)N1C[C@@H](COc2nc(-c3cn[nH]c3)cc3ncccc23)OC(C)(C)C1. The summed E-state index contributed by atoms with van der Waals surface area (Å²) in [4.78, 5) is 23.5. The standard InChI is InChI=1S/C23H29N5O4/c1-22(2,3)32-21(29)28-12-16(31-23(4,5)14-28)13-30-20-17-7-6-8-24-19(17)9-18(27-20)15-10-25-26-11-15/h6-11,16H,12-14H2,1-5H3,(H,25,26)/t16-/m0/s1. The van der Waals surface area contributed by atoms with E-state index in [-0.39, 0.29) is 18.8 Å². The van der Waals surface area contributed by atoms with Crippen LogP contribution in [0, 0.1) is 0 Å². The molecule has 9 nitrogen and oxygen atoms in total. The van der Waals surface area contributed by atoms with Gasteiger partial charge in [0, 0.05) is 18.0 Å². The lowest BCUT2D eigenvalue weighted by Gasteiger charge is -2.42. The Balaban J connectivity index is 1.54. The third-order valence-corrected chi connectivity index (χ3v) is 4.90. The lowest BCUT2D eigenvalue weighted by molar-refractivity contribution is -0.143. The molecule has 9 heteroatoms. The van der Waals surface area contributed by atoms with Crippen LogP contribution in [0.15, 0.2) is 36.8 Å². The Labute approximate surface area is 187 Å². The summed E-state index contributed by atoms with van der Waals surface area (Å²) >= 11 is 0. The van der Waals surface area contributed by atoms with Gasteiger partial charge in [0.1, 0.15) is 18.3 Å². The van der Waals surface area contributed by atoms with E-state index in [0.717, 1.165) is 16.5 Å². The van der Waals surface area contributed by atoms with Crippen molar-refractivity contribution >= 4 is 17.0 Å². The van der Waals surface area contributed by atoms with E-state index in [1.165, 1.54) is 0 Å². The zero-order valence-corrected chi connectivity index (χ0v) is 19.1. The van der Waals surface area contributed by atoms with Gasteiger partial charge in [-0.2, -0.15) is 5.10 Å². The molecule has 1 N–H and O–H groups in total. The second-order valence-corrected chi connectivity index (χ2v) is 9.54. The van der Waals surface area contributed by atoms with Crippen LogP contribution < -0.4 is 4.74 Å². The van der Waals surface area contributed by atoms with Crippen LogP contribution in [0.3, 0.4) is 0 Å². The van der Waals surface area contributed by atoms with E-state index in [4.69, 9.17) is 14.2 Å². The first-order chi connectivity index (χ1) is 15.1. The van der Waals surface area contributed by atoms with Crippen molar-refractivity contribution in [2.75, 3.05) is 19.7 Å². The third-order valence-electron chi connectivity index (χ3n) is 4.90. The van der Waals surface area contributed by atoms with Crippen molar-refractivity contribution in [2.24, 2.45) is 0 Å². The normalized spacial score (nSPS) is 18.5. The monoisotopic (exact) mass is 439 g/mol. The van der Waals surface area contributed by atoms with Crippen molar-refractivity contribution < 1.29 is 19.0 Å². The van der Waals surface area contributed by atoms with Crippen LogP contribution in [0.25, 0.3) is 22.2 Å². The van der Waals surface area contributed by atoms with Crippen LogP contribution in [0.4, 0.5) is 4.79 Å². The molecule has 0 bridgehead atoms. The molecule has 1 aliphatic rings. The van der Waals surface area contributed by atoms with E-state index in [1.807, 2.05) is 52.8 Å². The molecule has 32 heavy (non-hydrogen) atoms. The molecule has 0 aliphatic carbocycles. The van der Waals surface area contributed by atoms with Crippen molar-refractivity contribution in [1.82, 2.24) is 25.1 Å². The minimum Gasteiger partial charge on any atom is -0.474 e. The highest BCUT2D eigenvalue weighted by molar-refractivity contribution is 5.86. The highest BCUT2D eigenvalue weighted by Gasteiger charge is 2.37. The molecule has 1 fully saturated rings. The van der Waals surface area contributed by atoms with Crippen molar-refractivity contribution in [3.63, 3.8) is 0 Å². The highest BCUT2D eigenvalue weighted by Crippen LogP contribution is 2.29. The molecule has 1 saturated heterocycles. The molecule has 0 radical (unpaired) electrons. The Morgan fingerprint density at radius 1 is 1.38 bits per heavy atom. The lowest BCUT2D eigenvalue weighted by atomic mass is 10.1. The predicted molar refractivity (Wildman–Crippen MR) is 119 cm³/mol. The number of morpholine rings is 1. The van der Waals surface area contributed by atoms with E-state index in [9.17, 15) is 4.79 Å². The van der Waals surface area contributed by atoms with Crippen LogP contribution >= 0.6 is 0 Å². The van der Waals surface area contributed by atoms with Crippen LogP contribution in [0.5, 0.6) is 5.88 Å². The first kappa shape index (κ1) is 22.0. The number of H-pyrrole nitrogens is 1. The number of carbonyl (C=O) groups excluding carboxylic acids is 1. The van der Waals surface area contributed by atoms with Gasteiger partial charge in [-0.05, 0) is 52.8 Å². The van der Waals surface area contributed by atoms with Crippen molar-refractivity contribution in [2.45, 2.75) is 51.9 Å². The Hall–Kier alpha value is -3.20. The molecule has 0 aromatic carbocycles. The van der Waals surface area contributed by atoms with Crippen LogP contribution in [0.1, 0.15) is 34.6 Å². The summed E-state index contributed by atoms with van der Waals surface area (Å²) in [7, 11) is 0. The van der Waals surface area contributed by atoms with Gasteiger partial charge in [0.2, 0.25) is 5.88 Å². The van der Waals surface area contributed by atoms with Crippen LogP contribution in [-0.4, -0.2) is 68.2 Å². The third kappa shape index (κ3) is 5.16. The number of amides is 1. The van der Waals surface area contributed by atoms with Gasteiger partial charge in [-0.3, -0.25) is 10.1 Å². The van der Waals surface area contributed by atoms with E-state index >= 15 is 0 Å². The number of fused-ring (bicyclic) bond motifs is 1. The second kappa shape index (κ2) is 8.38. The molecular formula is C23H29N5O4. The fourth-order valence-electron chi connectivity index (χ4n) is 3.71. The van der Waals surface area contributed by atoms with Gasteiger partial charge in [-0.15, -0.1) is 0 Å². The molecule has 1 amide bonds. The van der Waals surface area contributed by atoms with Gasteiger partial charge >= 0.3 is 6.09 Å². The molecule has 170 valence electrons. The van der Waals surface area contributed by atoms with Gasteiger partial charge in [-0.25, -0.2) is 9.78 Å². The molecule has 0 unspecified atom stereocenters.